The third-order valence-corrected chi connectivity index (χ3v) is 2.68. The third kappa shape index (κ3) is 3.06. The van der Waals surface area contributed by atoms with Gasteiger partial charge in [-0.1, -0.05) is 0 Å². The van der Waals surface area contributed by atoms with Gasteiger partial charge >= 0.3 is 0 Å². The number of aryl methyl sites for hydroxylation is 1. The van der Waals surface area contributed by atoms with E-state index in [4.69, 9.17) is 14.7 Å². The van der Waals surface area contributed by atoms with Crippen molar-refractivity contribution >= 4 is 5.69 Å². The van der Waals surface area contributed by atoms with E-state index in [2.05, 4.69) is 4.98 Å². The summed E-state index contributed by atoms with van der Waals surface area (Å²) in [6, 6.07) is 9.20. The van der Waals surface area contributed by atoms with E-state index < -0.39 is 4.92 Å². The summed E-state index contributed by atoms with van der Waals surface area (Å²) in [6.45, 7) is 1.76. The minimum Gasteiger partial charge on any atom is -0.493 e. The van der Waals surface area contributed by atoms with E-state index in [1.165, 1.54) is 25.3 Å². The molecular formula is C14H11N3O4. The molecule has 0 aliphatic heterocycles. The van der Waals surface area contributed by atoms with Gasteiger partial charge in [0.15, 0.2) is 11.5 Å². The molecule has 1 aromatic heterocycles. The molecule has 0 saturated heterocycles. The summed E-state index contributed by atoms with van der Waals surface area (Å²) < 4.78 is 10.6. The van der Waals surface area contributed by atoms with Gasteiger partial charge in [0, 0.05) is 11.8 Å². The first-order valence-corrected chi connectivity index (χ1v) is 5.93. The van der Waals surface area contributed by atoms with Gasteiger partial charge in [-0.2, -0.15) is 5.26 Å². The van der Waals surface area contributed by atoms with E-state index in [1.807, 2.05) is 6.07 Å². The van der Waals surface area contributed by atoms with Crippen molar-refractivity contribution in [1.29, 1.82) is 5.26 Å². The van der Waals surface area contributed by atoms with Gasteiger partial charge in [0.1, 0.15) is 11.6 Å². The molecule has 1 heterocycles. The third-order valence-electron chi connectivity index (χ3n) is 2.68. The van der Waals surface area contributed by atoms with Gasteiger partial charge in [-0.05, 0) is 25.1 Å². The van der Waals surface area contributed by atoms with Crippen LogP contribution in [-0.4, -0.2) is 17.0 Å². The molecule has 0 spiro atoms. The number of pyridine rings is 1. The lowest BCUT2D eigenvalue weighted by molar-refractivity contribution is -0.384. The number of aromatic nitrogens is 1. The first kappa shape index (κ1) is 14.3. The number of nitrogens with zero attached hydrogens (tertiary/aromatic N) is 3. The molecule has 0 aliphatic carbocycles. The van der Waals surface area contributed by atoms with Crippen LogP contribution in [0, 0.1) is 28.4 Å². The molecule has 0 radical (unpaired) electrons. The fourth-order valence-corrected chi connectivity index (χ4v) is 1.65. The highest BCUT2D eigenvalue weighted by Crippen LogP contribution is 2.34. The lowest BCUT2D eigenvalue weighted by atomic mass is 10.2. The van der Waals surface area contributed by atoms with Crippen molar-refractivity contribution in [1.82, 2.24) is 4.98 Å². The van der Waals surface area contributed by atoms with Crippen LogP contribution in [0.3, 0.4) is 0 Å². The number of hydrogen-bond acceptors (Lipinski definition) is 6. The zero-order chi connectivity index (χ0) is 15.4. The van der Waals surface area contributed by atoms with Crippen LogP contribution in [0.5, 0.6) is 17.4 Å². The summed E-state index contributed by atoms with van der Waals surface area (Å²) >= 11 is 0. The van der Waals surface area contributed by atoms with Crippen LogP contribution in [0.15, 0.2) is 30.3 Å². The van der Waals surface area contributed by atoms with Crippen molar-refractivity contribution in [3.8, 4) is 23.4 Å². The van der Waals surface area contributed by atoms with Crippen molar-refractivity contribution in [2.75, 3.05) is 7.11 Å². The number of hydrogen-bond donors (Lipinski definition) is 0. The second-order valence-corrected chi connectivity index (χ2v) is 4.11. The Balaban J connectivity index is 2.42. The molecule has 7 heteroatoms. The first-order chi connectivity index (χ1) is 10.0. The number of methoxy groups -OCH3 is 1. The maximum Gasteiger partial charge on any atom is 0.273 e. The maximum absolute atomic E-state index is 10.7. The van der Waals surface area contributed by atoms with Gasteiger partial charge in [0.25, 0.3) is 5.69 Å². The number of nitro groups is 1. The second kappa shape index (κ2) is 5.88. The molecule has 1 aromatic carbocycles. The van der Waals surface area contributed by atoms with E-state index in [-0.39, 0.29) is 28.6 Å². The molecule has 0 aliphatic rings. The fourth-order valence-electron chi connectivity index (χ4n) is 1.65. The summed E-state index contributed by atoms with van der Waals surface area (Å²) in [6.07, 6.45) is 0. The zero-order valence-electron chi connectivity index (χ0n) is 11.4. The predicted octanol–water partition coefficient (Wildman–Crippen LogP) is 2.97. The molecule has 0 atom stereocenters. The Morgan fingerprint density at radius 2 is 2.05 bits per heavy atom. The molecule has 2 rings (SSSR count). The Morgan fingerprint density at radius 1 is 1.29 bits per heavy atom. The Bertz CT molecular complexity index is 737. The van der Waals surface area contributed by atoms with Crippen molar-refractivity contribution in [2.45, 2.75) is 6.92 Å². The van der Waals surface area contributed by atoms with E-state index in [0.717, 1.165) is 0 Å². The van der Waals surface area contributed by atoms with Crippen LogP contribution in [0.2, 0.25) is 0 Å². The standard InChI is InChI=1S/C14H11N3O4/c1-9-3-4-10(8-15)14(16-9)21-12-6-5-11(17(18)19)7-13(12)20-2/h3-7H,1-2H3. The highest BCUT2D eigenvalue weighted by atomic mass is 16.6. The summed E-state index contributed by atoms with van der Waals surface area (Å²) in [5, 5.41) is 19.8. The lowest BCUT2D eigenvalue weighted by Gasteiger charge is -2.10. The Labute approximate surface area is 120 Å². The van der Waals surface area contributed by atoms with E-state index >= 15 is 0 Å². The highest BCUT2D eigenvalue weighted by Gasteiger charge is 2.15. The predicted molar refractivity (Wildman–Crippen MR) is 73.4 cm³/mol. The van der Waals surface area contributed by atoms with E-state index in [1.54, 1.807) is 19.1 Å². The van der Waals surface area contributed by atoms with Gasteiger partial charge < -0.3 is 9.47 Å². The zero-order valence-corrected chi connectivity index (χ0v) is 11.4. The molecule has 0 unspecified atom stereocenters. The minimum absolute atomic E-state index is 0.114. The topological polar surface area (TPSA) is 98.3 Å². The lowest BCUT2D eigenvalue weighted by Crippen LogP contribution is -1.97. The number of nitriles is 1. The Kier molecular flexibility index (Phi) is 4.00. The first-order valence-electron chi connectivity index (χ1n) is 5.93. The summed E-state index contributed by atoms with van der Waals surface area (Å²) in [7, 11) is 1.38. The smallest absolute Gasteiger partial charge is 0.273 e. The Hall–Kier alpha value is -3.14. The molecule has 0 N–H and O–H groups in total. The largest absolute Gasteiger partial charge is 0.493 e. The summed E-state index contributed by atoms with van der Waals surface area (Å²) in [4.78, 5) is 14.3. The van der Waals surface area contributed by atoms with Crippen molar-refractivity contribution in [3.05, 3.63) is 51.7 Å². The second-order valence-electron chi connectivity index (χ2n) is 4.11. The van der Waals surface area contributed by atoms with Crippen LogP contribution in [0.4, 0.5) is 5.69 Å². The molecule has 0 saturated carbocycles. The average molecular weight is 285 g/mol. The van der Waals surface area contributed by atoms with Crippen molar-refractivity contribution in [3.63, 3.8) is 0 Å². The molecule has 7 nitrogen and oxygen atoms in total. The van der Waals surface area contributed by atoms with Crippen LogP contribution in [0.25, 0.3) is 0 Å². The molecular weight excluding hydrogens is 274 g/mol. The SMILES string of the molecule is COc1cc([N+](=O)[O-])ccc1Oc1nc(C)ccc1C#N. The molecule has 0 amide bonds. The monoisotopic (exact) mass is 285 g/mol. The van der Waals surface area contributed by atoms with E-state index in [0.29, 0.717) is 5.69 Å². The van der Waals surface area contributed by atoms with Crippen molar-refractivity contribution < 1.29 is 14.4 Å². The number of ether oxygens (including phenoxy) is 2. The highest BCUT2D eigenvalue weighted by molar-refractivity contribution is 5.51. The van der Waals surface area contributed by atoms with Gasteiger partial charge in [0.2, 0.25) is 5.88 Å². The van der Waals surface area contributed by atoms with E-state index in [9.17, 15) is 10.1 Å². The number of nitro benzene ring substituents is 1. The fraction of sp³-hybridized carbons (Fsp3) is 0.143. The summed E-state index contributed by atoms with van der Waals surface area (Å²) in [5.41, 5.74) is 0.836. The van der Waals surface area contributed by atoms with Crippen LogP contribution in [-0.2, 0) is 0 Å². The van der Waals surface area contributed by atoms with Gasteiger partial charge in [0.05, 0.1) is 18.1 Å². The van der Waals surface area contributed by atoms with Crippen LogP contribution >= 0.6 is 0 Å². The minimum atomic E-state index is -0.530. The normalized spacial score (nSPS) is 9.76. The molecule has 106 valence electrons. The van der Waals surface area contributed by atoms with Gasteiger partial charge in [-0.3, -0.25) is 10.1 Å². The molecule has 2 aromatic rings. The Morgan fingerprint density at radius 3 is 2.67 bits per heavy atom. The molecule has 0 bridgehead atoms. The summed E-state index contributed by atoms with van der Waals surface area (Å²) in [5.74, 6) is 0.568. The number of rotatable bonds is 4. The average Bonchev–Trinajstić information content (AvgIpc) is 2.47. The molecule has 0 fully saturated rings. The van der Waals surface area contributed by atoms with Crippen LogP contribution < -0.4 is 9.47 Å². The number of benzene rings is 1. The van der Waals surface area contributed by atoms with Crippen molar-refractivity contribution in [2.24, 2.45) is 0 Å². The van der Waals surface area contributed by atoms with Gasteiger partial charge in [-0.25, -0.2) is 4.98 Å². The maximum atomic E-state index is 10.7. The van der Waals surface area contributed by atoms with Gasteiger partial charge in [-0.15, -0.1) is 0 Å². The van der Waals surface area contributed by atoms with Crippen LogP contribution in [0.1, 0.15) is 11.3 Å². The molecule has 21 heavy (non-hydrogen) atoms. The number of non-ortho nitro benzene ring substituents is 1. The quantitative estimate of drug-likeness (QED) is 0.632.